The maximum Gasteiger partial charge on any atom is 0.270 e. The number of imidazole rings is 1. The van der Waals surface area contributed by atoms with Crippen LogP contribution in [0.4, 0.5) is 0 Å². The average molecular weight is 337 g/mol. The third-order valence-corrected chi connectivity index (χ3v) is 5.43. The molecule has 6 heterocycles. The molecule has 3 aliphatic heterocycles. The topological polar surface area (TPSA) is 76.2 Å². The minimum atomic E-state index is -0.113. The van der Waals surface area contributed by atoms with Gasteiger partial charge in [-0.25, -0.2) is 9.97 Å². The number of rotatable bonds is 3. The molecule has 3 fully saturated rings. The number of carbonyl (C=O) groups is 1. The van der Waals surface area contributed by atoms with E-state index in [0.717, 1.165) is 30.7 Å². The van der Waals surface area contributed by atoms with Crippen LogP contribution < -0.4 is 5.32 Å². The van der Waals surface area contributed by atoms with Crippen LogP contribution >= 0.6 is 0 Å². The van der Waals surface area contributed by atoms with E-state index in [1.54, 1.807) is 31.1 Å². The van der Waals surface area contributed by atoms with E-state index < -0.39 is 0 Å². The number of pyridine rings is 1. The van der Waals surface area contributed by atoms with Crippen molar-refractivity contribution in [1.29, 1.82) is 0 Å². The fourth-order valence-electron chi connectivity index (χ4n) is 4.02. The summed E-state index contributed by atoms with van der Waals surface area (Å²) in [5.41, 5.74) is 1.93. The lowest BCUT2D eigenvalue weighted by atomic mass is 9.84. The molecule has 3 aromatic heterocycles. The highest BCUT2D eigenvalue weighted by Crippen LogP contribution is 2.28. The van der Waals surface area contributed by atoms with Crippen molar-refractivity contribution < 1.29 is 9.21 Å². The van der Waals surface area contributed by atoms with E-state index in [-0.39, 0.29) is 11.9 Å². The molecule has 128 valence electrons. The van der Waals surface area contributed by atoms with Gasteiger partial charge in [0, 0.05) is 30.4 Å². The number of furan rings is 1. The molecule has 25 heavy (non-hydrogen) atoms. The predicted octanol–water partition coefficient (Wildman–Crippen LogP) is 1.84. The van der Waals surface area contributed by atoms with Gasteiger partial charge in [0.2, 0.25) is 0 Å². The molecule has 7 heteroatoms. The molecular weight excluding hydrogens is 318 g/mol. The van der Waals surface area contributed by atoms with Crippen molar-refractivity contribution in [1.82, 2.24) is 24.8 Å². The first kappa shape index (κ1) is 14.7. The maximum atomic E-state index is 12.7. The first-order chi connectivity index (χ1) is 12.3. The van der Waals surface area contributed by atoms with Crippen LogP contribution in [0, 0.1) is 5.92 Å². The van der Waals surface area contributed by atoms with E-state index in [1.807, 2.05) is 10.8 Å². The third-order valence-electron chi connectivity index (χ3n) is 5.43. The molecule has 0 aromatic carbocycles. The normalized spacial score (nSPS) is 25.4. The summed E-state index contributed by atoms with van der Waals surface area (Å²) in [5.74, 6) is 0.478. The summed E-state index contributed by atoms with van der Waals surface area (Å²) in [6.07, 6.45) is 10.9. The molecule has 2 bridgehead atoms. The fourth-order valence-corrected chi connectivity index (χ4v) is 4.02. The fraction of sp³-hybridized carbons (Fsp3) is 0.389. The molecule has 1 N–H and O–H groups in total. The van der Waals surface area contributed by atoms with Gasteiger partial charge in [-0.05, 0) is 37.9 Å². The van der Waals surface area contributed by atoms with Crippen molar-refractivity contribution >= 4 is 16.9 Å². The van der Waals surface area contributed by atoms with Gasteiger partial charge < -0.3 is 19.2 Å². The zero-order chi connectivity index (χ0) is 16.8. The van der Waals surface area contributed by atoms with Gasteiger partial charge in [0.15, 0.2) is 5.58 Å². The largest absolute Gasteiger partial charge is 0.460 e. The lowest BCUT2D eigenvalue weighted by Crippen LogP contribution is -2.57. The lowest BCUT2D eigenvalue weighted by Gasteiger charge is -2.44. The van der Waals surface area contributed by atoms with Gasteiger partial charge in [-0.15, -0.1) is 0 Å². The molecular formula is C18H19N5O2. The second-order valence-electron chi connectivity index (χ2n) is 6.87. The standard InChI is InChI=1S/C18H19N5O2/c24-18(21-15-9-22-4-1-12(15)2-5-22)14-7-13-16(23-6-3-19-11-23)10-25-17(13)8-20-14/h3,6-8,10-12,15H,1-2,4-5,9H2,(H,21,24)/t15-/m0/s1. The quantitative estimate of drug-likeness (QED) is 0.789. The summed E-state index contributed by atoms with van der Waals surface area (Å²) in [6, 6.07) is 2.02. The molecule has 0 unspecified atom stereocenters. The van der Waals surface area contributed by atoms with Crippen molar-refractivity contribution in [3.05, 3.63) is 42.9 Å². The molecule has 0 radical (unpaired) electrons. The number of amides is 1. The minimum Gasteiger partial charge on any atom is -0.460 e. The van der Waals surface area contributed by atoms with E-state index in [9.17, 15) is 4.79 Å². The monoisotopic (exact) mass is 337 g/mol. The first-order valence-corrected chi connectivity index (χ1v) is 8.67. The average Bonchev–Trinajstić information content (AvgIpc) is 3.31. The number of aromatic nitrogens is 3. The van der Waals surface area contributed by atoms with Gasteiger partial charge in [-0.1, -0.05) is 0 Å². The van der Waals surface area contributed by atoms with Gasteiger partial charge in [0.1, 0.15) is 12.0 Å². The Hall–Kier alpha value is -2.67. The highest BCUT2D eigenvalue weighted by atomic mass is 16.3. The van der Waals surface area contributed by atoms with Crippen molar-refractivity contribution in [3.63, 3.8) is 0 Å². The Morgan fingerprint density at radius 2 is 2.20 bits per heavy atom. The number of nitrogens with one attached hydrogen (secondary N) is 1. The Balaban J connectivity index is 1.42. The van der Waals surface area contributed by atoms with Crippen molar-refractivity contribution in [2.45, 2.75) is 18.9 Å². The number of carbonyl (C=O) groups excluding carboxylic acids is 1. The van der Waals surface area contributed by atoms with Crippen LogP contribution in [-0.2, 0) is 0 Å². The van der Waals surface area contributed by atoms with Gasteiger partial charge in [-0.2, -0.15) is 0 Å². The van der Waals surface area contributed by atoms with Crippen LogP contribution in [0.15, 0.2) is 41.7 Å². The summed E-state index contributed by atoms with van der Waals surface area (Å²) >= 11 is 0. The Morgan fingerprint density at radius 1 is 1.32 bits per heavy atom. The van der Waals surface area contributed by atoms with E-state index in [4.69, 9.17) is 4.42 Å². The molecule has 7 nitrogen and oxygen atoms in total. The van der Waals surface area contributed by atoms with Crippen LogP contribution in [0.2, 0.25) is 0 Å². The van der Waals surface area contributed by atoms with Gasteiger partial charge in [0.05, 0.1) is 18.2 Å². The number of nitrogens with zero attached hydrogens (tertiary/aromatic N) is 4. The summed E-state index contributed by atoms with van der Waals surface area (Å²) in [6.45, 7) is 3.26. The van der Waals surface area contributed by atoms with E-state index in [0.29, 0.717) is 17.2 Å². The summed E-state index contributed by atoms with van der Waals surface area (Å²) in [5, 5.41) is 4.04. The zero-order valence-corrected chi connectivity index (χ0v) is 13.8. The van der Waals surface area contributed by atoms with Crippen LogP contribution in [0.1, 0.15) is 23.3 Å². The highest BCUT2D eigenvalue weighted by Gasteiger charge is 2.35. The number of fused-ring (bicyclic) bond motifs is 4. The summed E-state index contributed by atoms with van der Waals surface area (Å²) in [4.78, 5) is 23.5. The number of piperidine rings is 3. The van der Waals surface area contributed by atoms with Crippen molar-refractivity contribution in [2.24, 2.45) is 5.92 Å². The Morgan fingerprint density at radius 3 is 2.92 bits per heavy atom. The van der Waals surface area contributed by atoms with Crippen molar-refractivity contribution in [2.75, 3.05) is 19.6 Å². The van der Waals surface area contributed by atoms with Crippen LogP contribution in [-0.4, -0.2) is 51.0 Å². The third kappa shape index (κ3) is 2.51. The molecule has 6 rings (SSSR count). The molecule has 3 aromatic rings. The van der Waals surface area contributed by atoms with Crippen LogP contribution in [0.3, 0.4) is 0 Å². The molecule has 0 spiro atoms. The molecule has 0 saturated carbocycles. The predicted molar refractivity (Wildman–Crippen MR) is 91.5 cm³/mol. The second kappa shape index (κ2) is 5.70. The molecule has 3 aliphatic rings. The van der Waals surface area contributed by atoms with Gasteiger partial charge in [-0.3, -0.25) is 4.79 Å². The molecule has 1 atom stereocenters. The smallest absolute Gasteiger partial charge is 0.270 e. The first-order valence-electron chi connectivity index (χ1n) is 8.67. The van der Waals surface area contributed by atoms with Crippen LogP contribution in [0.5, 0.6) is 0 Å². The van der Waals surface area contributed by atoms with Crippen molar-refractivity contribution in [3.8, 4) is 5.69 Å². The minimum absolute atomic E-state index is 0.113. The number of hydrogen-bond donors (Lipinski definition) is 1. The van der Waals surface area contributed by atoms with E-state index >= 15 is 0 Å². The lowest BCUT2D eigenvalue weighted by molar-refractivity contribution is 0.0618. The molecule has 1 amide bonds. The van der Waals surface area contributed by atoms with E-state index in [1.165, 1.54) is 12.8 Å². The Kier molecular flexibility index (Phi) is 3.34. The van der Waals surface area contributed by atoms with E-state index in [2.05, 4.69) is 20.2 Å². The van der Waals surface area contributed by atoms with Gasteiger partial charge >= 0.3 is 0 Å². The highest BCUT2D eigenvalue weighted by molar-refractivity contribution is 5.97. The molecule has 0 aliphatic carbocycles. The zero-order valence-electron chi connectivity index (χ0n) is 13.8. The second-order valence-corrected chi connectivity index (χ2v) is 6.87. The Labute approximate surface area is 144 Å². The summed E-state index contributed by atoms with van der Waals surface area (Å²) in [7, 11) is 0. The summed E-state index contributed by atoms with van der Waals surface area (Å²) < 4.78 is 7.41. The Bertz CT molecular complexity index is 909. The van der Waals surface area contributed by atoms with Gasteiger partial charge in [0.25, 0.3) is 5.91 Å². The number of hydrogen-bond acceptors (Lipinski definition) is 5. The maximum absolute atomic E-state index is 12.7. The molecule has 3 saturated heterocycles. The SMILES string of the molecule is O=C(N[C@H]1CN2CCC1CC2)c1cc2c(-n3ccnc3)coc2cn1. The van der Waals surface area contributed by atoms with Crippen LogP contribution in [0.25, 0.3) is 16.7 Å².